The minimum atomic E-state index is -4.76. The average molecular weight is 479 g/mol. The van der Waals surface area contributed by atoms with Crippen molar-refractivity contribution in [2.45, 2.75) is 25.0 Å². The van der Waals surface area contributed by atoms with Gasteiger partial charge in [-0.15, -0.1) is 23.4 Å². The molecule has 1 aliphatic rings. The Morgan fingerprint density at radius 3 is 2.42 bits per heavy atom. The van der Waals surface area contributed by atoms with Gasteiger partial charge in [-0.3, -0.25) is 9.36 Å². The SMILES string of the molecule is CCOc1ccc(N2CCn3c(SCC(=O)Nc4ccc(OC(F)(F)F)cc4)nnc32)cc1. The van der Waals surface area contributed by atoms with Crippen LogP contribution >= 0.6 is 11.8 Å². The molecule has 0 saturated heterocycles. The first-order valence-corrected chi connectivity index (χ1v) is 11.0. The number of hydrogen-bond donors (Lipinski definition) is 1. The number of benzene rings is 2. The van der Waals surface area contributed by atoms with Gasteiger partial charge in [-0.2, -0.15) is 0 Å². The van der Waals surface area contributed by atoms with Gasteiger partial charge in [0, 0.05) is 24.5 Å². The summed E-state index contributed by atoms with van der Waals surface area (Å²) in [5.41, 5.74) is 1.33. The molecule has 0 unspecified atom stereocenters. The normalized spacial score (nSPS) is 13.0. The molecule has 174 valence electrons. The number of nitrogens with one attached hydrogen (secondary N) is 1. The van der Waals surface area contributed by atoms with Crippen LogP contribution in [0.3, 0.4) is 0 Å². The number of fused-ring (bicyclic) bond motifs is 1. The number of ether oxygens (including phenoxy) is 2. The summed E-state index contributed by atoms with van der Waals surface area (Å²) >= 11 is 1.23. The summed E-state index contributed by atoms with van der Waals surface area (Å²) in [6.07, 6.45) is -4.76. The van der Waals surface area contributed by atoms with Crippen LogP contribution in [0.2, 0.25) is 0 Å². The highest BCUT2D eigenvalue weighted by Crippen LogP contribution is 2.33. The summed E-state index contributed by atoms with van der Waals surface area (Å²) in [6, 6.07) is 12.7. The first-order chi connectivity index (χ1) is 15.8. The highest BCUT2D eigenvalue weighted by atomic mass is 32.2. The highest BCUT2D eigenvalue weighted by molar-refractivity contribution is 7.99. The summed E-state index contributed by atoms with van der Waals surface area (Å²) in [5.74, 6) is 0.894. The lowest BCUT2D eigenvalue weighted by Crippen LogP contribution is -2.17. The van der Waals surface area contributed by atoms with Gasteiger partial charge in [-0.25, -0.2) is 0 Å². The minimum Gasteiger partial charge on any atom is -0.494 e. The Labute approximate surface area is 191 Å². The van der Waals surface area contributed by atoms with Gasteiger partial charge in [0.15, 0.2) is 5.16 Å². The van der Waals surface area contributed by atoms with Crippen LogP contribution in [0.15, 0.2) is 53.7 Å². The lowest BCUT2D eigenvalue weighted by Gasteiger charge is -2.15. The van der Waals surface area contributed by atoms with Crippen LogP contribution in [0.25, 0.3) is 0 Å². The van der Waals surface area contributed by atoms with Crippen LogP contribution in [0.4, 0.5) is 30.5 Å². The number of aromatic nitrogens is 3. The van der Waals surface area contributed by atoms with E-state index in [1.165, 1.54) is 23.9 Å². The summed E-state index contributed by atoms with van der Waals surface area (Å²) < 4.78 is 47.9. The predicted octanol–water partition coefficient (Wildman–Crippen LogP) is 4.46. The molecule has 3 aromatic rings. The van der Waals surface area contributed by atoms with Gasteiger partial charge in [0.2, 0.25) is 11.9 Å². The Hall–Kier alpha value is -3.41. The number of carbonyl (C=O) groups is 1. The summed E-state index contributed by atoms with van der Waals surface area (Å²) in [4.78, 5) is 14.3. The maximum atomic E-state index is 12.3. The van der Waals surface area contributed by atoms with Crippen LogP contribution < -0.4 is 19.7 Å². The number of anilines is 3. The Balaban J connectivity index is 1.33. The molecule has 12 heteroatoms. The summed E-state index contributed by atoms with van der Waals surface area (Å²) in [7, 11) is 0. The molecule has 0 aliphatic carbocycles. The summed E-state index contributed by atoms with van der Waals surface area (Å²) in [5, 5.41) is 11.7. The second-order valence-corrected chi connectivity index (χ2v) is 7.86. The molecule has 1 aromatic heterocycles. The van der Waals surface area contributed by atoms with Gasteiger partial charge < -0.3 is 19.7 Å². The van der Waals surface area contributed by atoms with Crippen LogP contribution in [0.5, 0.6) is 11.5 Å². The Bertz CT molecular complexity index is 1100. The molecule has 4 rings (SSSR count). The fourth-order valence-electron chi connectivity index (χ4n) is 3.28. The zero-order valence-electron chi connectivity index (χ0n) is 17.5. The van der Waals surface area contributed by atoms with E-state index in [9.17, 15) is 18.0 Å². The third-order valence-electron chi connectivity index (χ3n) is 4.65. The van der Waals surface area contributed by atoms with Gasteiger partial charge in [-0.05, 0) is 55.5 Å². The first-order valence-electron chi connectivity index (χ1n) is 10.0. The molecule has 8 nitrogen and oxygen atoms in total. The maximum absolute atomic E-state index is 12.3. The van der Waals surface area contributed by atoms with E-state index < -0.39 is 6.36 Å². The largest absolute Gasteiger partial charge is 0.573 e. The Morgan fingerprint density at radius 2 is 1.76 bits per heavy atom. The van der Waals surface area contributed by atoms with Crippen molar-refractivity contribution in [3.63, 3.8) is 0 Å². The quantitative estimate of drug-likeness (QED) is 0.478. The third-order valence-corrected chi connectivity index (χ3v) is 5.62. The van der Waals surface area contributed by atoms with Crippen LogP contribution in [-0.2, 0) is 11.3 Å². The molecule has 2 heterocycles. The molecule has 33 heavy (non-hydrogen) atoms. The molecule has 0 saturated carbocycles. The molecule has 1 aliphatic heterocycles. The van der Waals surface area contributed by atoms with Crippen LogP contribution in [-0.4, -0.2) is 45.9 Å². The third kappa shape index (κ3) is 5.69. The molecule has 1 amide bonds. The predicted molar refractivity (Wildman–Crippen MR) is 117 cm³/mol. The standard InChI is InChI=1S/C21H20F3N5O3S/c1-2-31-16-9-5-15(6-10-16)28-11-12-29-19(28)26-27-20(29)33-13-18(30)25-14-3-7-17(8-4-14)32-21(22,23)24/h3-10H,2,11-13H2,1H3,(H,25,30). The molecule has 0 bridgehead atoms. The first kappa shape index (κ1) is 22.8. The smallest absolute Gasteiger partial charge is 0.494 e. The minimum absolute atomic E-state index is 0.0714. The molecular formula is C21H20F3N5O3S. The molecular weight excluding hydrogens is 459 g/mol. The number of nitrogens with zero attached hydrogens (tertiary/aromatic N) is 4. The lowest BCUT2D eigenvalue weighted by atomic mass is 10.3. The average Bonchev–Trinajstić information content (AvgIpc) is 3.36. The maximum Gasteiger partial charge on any atom is 0.573 e. The fraction of sp³-hybridized carbons (Fsp3) is 0.286. The van der Waals surface area contributed by atoms with Crippen LogP contribution in [0, 0.1) is 0 Å². The number of hydrogen-bond acceptors (Lipinski definition) is 7. The second kappa shape index (κ2) is 9.61. The Morgan fingerprint density at radius 1 is 1.06 bits per heavy atom. The zero-order valence-corrected chi connectivity index (χ0v) is 18.3. The van der Waals surface area contributed by atoms with Crippen LogP contribution in [0.1, 0.15) is 6.92 Å². The van der Waals surface area contributed by atoms with Gasteiger partial charge in [0.05, 0.1) is 12.4 Å². The highest BCUT2D eigenvalue weighted by Gasteiger charge is 2.31. The van der Waals surface area contributed by atoms with Crippen molar-refractivity contribution < 1.29 is 27.4 Å². The van der Waals surface area contributed by atoms with Crippen molar-refractivity contribution in [1.82, 2.24) is 14.8 Å². The topological polar surface area (TPSA) is 81.5 Å². The van der Waals surface area contributed by atoms with E-state index in [-0.39, 0.29) is 17.4 Å². The second-order valence-electron chi connectivity index (χ2n) is 6.92. The van der Waals surface area contributed by atoms with E-state index in [1.54, 1.807) is 0 Å². The number of alkyl halides is 3. The molecule has 0 fully saturated rings. The van der Waals surface area contributed by atoms with Crippen molar-refractivity contribution in [1.29, 1.82) is 0 Å². The van der Waals surface area contributed by atoms with E-state index in [0.29, 0.717) is 29.9 Å². The number of rotatable bonds is 8. The monoisotopic (exact) mass is 479 g/mol. The molecule has 0 atom stereocenters. The molecule has 0 spiro atoms. The van der Waals surface area contributed by atoms with Crippen molar-refractivity contribution in [2.75, 3.05) is 29.1 Å². The van der Waals surface area contributed by atoms with E-state index in [0.717, 1.165) is 30.1 Å². The lowest BCUT2D eigenvalue weighted by molar-refractivity contribution is -0.274. The van der Waals surface area contributed by atoms with Gasteiger partial charge in [0.1, 0.15) is 11.5 Å². The van der Waals surface area contributed by atoms with Crippen molar-refractivity contribution in [3.8, 4) is 11.5 Å². The fourth-order valence-corrected chi connectivity index (χ4v) is 4.04. The zero-order chi connectivity index (χ0) is 23.4. The van der Waals surface area contributed by atoms with Crippen molar-refractivity contribution in [2.24, 2.45) is 0 Å². The molecule has 2 aromatic carbocycles. The van der Waals surface area contributed by atoms with E-state index in [1.807, 2.05) is 40.7 Å². The number of thioether (sulfide) groups is 1. The van der Waals surface area contributed by atoms with Gasteiger partial charge in [0.25, 0.3) is 0 Å². The van der Waals surface area contributed by atoms with Crippen molar-refractivity contribution >= 4 is 35.0 Å². The molecule has 1 N–H and O–H groups in total. The van der Waals surface area contributed by atoms with Gasteiger partial charge in [-0.1, -0.05) is 11.8 Å². The number of carbonyl (C=O) groups excluding carboxylic acids is 1. The Kier molecular flexibility index (Phi) is 6.63. The van der Waals surface area contributed by atoms with E-state index in [4.69, 9.17) is 4.74 Å². The number of amides is 1. The van der Waals surface area contributed by atoms with Gasteiger partial charge >= 0.3 is 6.36 Å². The summed E-state index contributed by atoms with van der Waals surface area (Å²) in [6.45, 7) is 3.94. The molecule has 0 radical (unpaired) electrons. The number of halogens is 3. The van der Waals surface area contributed by atoms with E-state index >= 15 is 0 Å². The van der Waals surface area contributed by atoms with Crippen molar-refractivity contribution in [3.05, 3.63) is 48.5 Å². The van der Waals surface area contributed by atoms with E-state index in [2.05, 4.69) is 20.3 Å².